The van der Waals surface area contributed by atoms with E-state index in [1.165, 1.54) is 10.8 Å². The molecule has 0 atom stereocenters. The van der Waals surface area contributed by atoms with Gasteiger partial charge < -0.3 is 5.32 Å². The first-order valence-corrected chi connectivity index (χ1v) is 4.19. The lowest BCUT2D eigenvalue weighted by atomic mass is 10.1. The average molecular weight is 167 g/mol. The number of aliphatic imine (C=N–C) groups is 1. The van der Waals surface area contributed by atoms with E-state index in [1.54, 1.807) is 0 Å². The van der Waals surface area contributed by atoms with Crippen molar-refractivity contribution in [3.05, 3.63) is 36.4 Å². The summed E-state index contributed by atoms with van der Waals surface area (Å²) in [5.74, 6) is 0. The normalized spacial score (nSPS) is 12.9. The minimum absolute atomic E-state index is 0.992. The maximum Gasteiger partial charge on any atom is 0.174 e. The maximum atomic E-state index is 4.15. The number of rotatable bonds is 0. The molecule has 61 valence electrons. The number of anilines is 1. The Morgan fingerprint density at radius 3 is 2.85 bits per heavy atom. The largest absolute Gasteiger partial charge is 0.337 e. The van der Waals surface area contributed by atoms with E-state index in [9.17, 15) is 0 Å². The number of benzene rings is 2. The fourth-order valence-corrected chi connectivity index (χ4v) is 1.67. The van der Waals surface area contributed by atoms with Crippen molar-refractivity contribution < 1.29 is 0 Å². The van der Waals surface area contributed by atoms with Crippen LogP contribution in [-0.2, 0) is 0 Å². The number of hydrogen-bond acceptors (Lipinski definition) is 2. The molecule has 1 aliphatic heterocycles. The summed E-state index contributed by atoms with van der Waals surface area (Å²) in [5.41, 5.74) is 2.08. The Morgan fingerprint density at radius 1 is 1.08 bits per heavy atom. The van der Waals surface area contributed by atoms with Gasteiger partial charge in [-0.25, -0.2) is 4.99 Å². The van der Waals surface area contributed by atoms with E-state index < -0.39 is 0 Å². The minimum atomic E-state index is 0.992. The second-order valence-corrected chi connectivity index (χ2v) is 3.03. The summed E-state index contributed by atoms with van der Waals surface area (Å²) in [6.45, 7) is 0. The van der Waals surface area contributed by atoms with Gasteiger partial charge in [-0.2, -0.15) is 0 Å². The molecule has 0 saturated carbocycles. The first-order chi connectivity index (χ1) is 6.45. The zero-order valence-corrected chi connectivity index (χ0v) is 6.91. The molecule has 0 unspecified atom stereocenters. The summed E-state index contributed by atoms with van der Waals surface area (Å²) in [6, 6.07) is 12.3. The van der Waals surface area contributed by atoms with Gasteiger partial charge in [-0.1, -0.05) is 24.3 Å². The van der Waals surface area contributed by atoms with Crippen molar-refractivity contribution in [2.75, 3.05) is 5.32 Å². The van der Waals surface area contributed by atoms with E-state index in [-0.39, 0.29) is 0 Å². The molecule has 3 rings (SSSR count). The molecule has 0 aromatic heterocycles. The molecule has 2 aromatic rings. The van der Waals surface area contributed by atoms with Gasteiger partial charge in [-0.05, 0) is 17.5 Å². The molecule has 0 bridgehead atoms. The molecule has 0 saturated heterocycles. The molecule has 0 amide bonds. The van der Waals surface area contributed by atoms with Gasteiger partial charge in [-0.15, -0.1) is 0 Å². The van der Waals surface area contributed by atoms with Crippen molar-refractivity contribution >= 4 is 28.5 Å². The van der Waals surface area contributed by atoms with E-state index in [4.69, 9.17) is 0 Å². The lowest BCUT2D eigenvalue weighted by Gasteiger charge is -2.11. The van der Waals surface area contributed by atoms with Crippen LogP contribution in [0.4, 0.5) is 11.4 Å². The molecule has 0 spiro atoms. The second-order valence-electron chi connectivity index (χ2n) is 3.03. The Bertz CT molecular complexity index is 495. The quantitative estimate of drug-likeness (QED) is 0.641. The molecule has 1 radical (unpaired) electrons. The fraction of sp³-hybridized carbons (Fsp3) is 0. The third-order valence-electron chi connectivity index (χ3n) is 2.25. The summed E-state index contributed by atoms with van der Waals surface area (Å²) < 4.78 is 0. The van der Waals surface area contributed by atoms with Crippen LogP contribution < -0.4 is 5.32 Å². The van der Waals surface area contributed by atoms with Crippen LogP contribution in [0.3, 0.4) is 0 Å². The Labute approximate surface area is 75.9 Å². The number of hydrogen-bond donors (Lipinski definition) is 1. The lowest BCUT2D eigenvalue weighted by Crippen LogP contribution is -1.99. The second kappa shape index (κ2) is 2.33. The Balaban J connectivity index is 2.56. The molecule has 1 aliphatic rings. The van der Waals surface area contributed by atoms with Gasteiger partial charge >= 0.3 is 0 Å². The summed E-state index contributed by atoms with van der Waals surface area (Å²) in [7, 11) is 0. The zero-order chi connectivity index (χ0) is 8.67. The average Bonchev–Trinajstić information content (AvgIpc) is 2.19. The predicted octanol–water partition coefficient (Wildman–Crippen LogP) is 2.80. The van der Waals surface area contributed by atoms with E-state index in [1.807, 2.05) is 24.3 Å². The molecule has 2 nitrogen and oxygen atoms in total. The van der Waals surface area contributed by atoms with Crippen LogP contribution in [0.15, 0.2) is 41.4 Å². The topological polar surface area (TPSA) is 24.4 Å². The Morgan fingerprint density at radius 2 is 1.92 bits per heavy atom. The van der Waals surface area contributed by atoms with Crippen LogP contribution in [0.5, 0.6) is 0 Å². The van der Waals surface area contributed by atoms with Gasteiger partial charge in [0.15, 0.2) is 6.34 Å². The van der Waals surface area contributed by atoms with Gasteiger partial charge in [0, 0.05) is 11.1 Å². The van der Waals surface area contributed by atoms with Crippen LogP contribution in [0.2, 0.25) is 0 Å². The standard InChI is InChI=1S/C11H7N2/c1-3-8-4-2-6-10-11(8)9(5-1)12-7-13-10/h1-6H,(H,12,13). The van der Waals surface area contributed by atoms with Crippen molar-refractivity contribution in [2.24, 2.45) is 4.99 Å². The summed E-state index contributed by atoms with van der Waals surface area (Å²) in [6.07, 6.45) is 2.78. The van der Waals surface area contributed by atoms with Gasteiger partial charge in [0.2, 0.25) is 0 Å². The third-order valence-corrected chi connectivity index (χ3v) is 2.25. The molecule has 0 aliphatic carbocycles. The van der Waals surface area contributed by atoms with Crippen LogP contribution in [0, 0.1) is 0 Å². The monoisotopic (exact) mass is 167 g/mol. The molecule has 0 fully saturated rings. The van der Waals surface area contributed by atoms with E-state index in [0.29, 0.717) is 0 Å². The highest BCUT2D eigenvalue weighted by Gasteiger charge is 2.07. The minimum Gasteiger partial charge on any atom is -0.337 e. The molecular formula is C11H7N2. The van der Waals surface area contributed by atoms with Gasteiger partial charge in [-0.3, -0.25) is 0 Å². The SMILES string of the molecule is [C]1=Nc2cccc3cccc(c23)N1. The molecule has 2 aromatic carbocycles. The summed E-state index contributed by atoms with van der Waals surface area (Å²) >= 11 is 0. The van der Waals surface area contributed by atoms with E-state index in [0.717, 1.165) is 11.4 Å². The lowest BCUT2D eigenvalue weighted by molar-refractivity contribution is 1.53. The molecule has 1 heterocycles. The maximum absolute atomic E-state index is 4.15. The molecule has 1 N–H and O–H groups in total. The van der Waals surface area contributed by atoms with Crippen molar-refractivity contribution in [3.63, 3.8) is 0 Å². The van der Waals surface area contributed by atoms with Gasteiger partial charge in [0.1, 0.15) is 0 Å². The molecular weight excluding hydrogens is 160 g/mol. The van der Waals surface area contributed by atoms with Gasteiger partial charge in [0.05, 0.1) is 5.69 Å². The Kier molecular flexibility index (Phi) is 1.19. The smallest absolute Gasteiger partial charge is 0.174 e. The van der Waals surface area contributed by atoms with Crippen LogP contribution in [-0.4, -0.2) is 6.34 Å². The van der Waals surface area contributed by atoms with Crippen molar-refractivity contribution in [1.82, 2.24) is 0 Å². The van der Waals surface area contributed by atoms with Crippen LogP contribution in [0.25, 0.3) is 10.8 Å². The van der Waals surface area contributed by atoms with Crippen LogP contribution in [0.1, 0.15) is 0 Å². The van der Waals surface area contributed by atoms with E-state index >= 15 is 0 Å². The summed E-state index contributed by atoms with van der Waals surface area (Å²) in [5, 5.41) is 5.41. The Hall–Kier alpha value is -1.83. The fourth-order valence-electron chi connectivity index (χ4n) is 1.67. The van der Waals surface area contributed by atoms with E-state index in [2.05, 4.69) is 28.8 Å². The highest BCUT2D eigenvalue weighted by Crippen LogP contribution is 2.33. The van der Waals surface area contributed by atoms with Crippen LogP contribution >= 0.6 is 0 Å². The number of nitrogens with one attached hydrogen (secondary N) is 1. The predicted molar refractivity (Wildman–Crippen MR) is 54.7 cm³/mol. The highest BCUT2D eigenvalue weighted by molar-refractivity contribution is 6.08. The molecule has 2 heteroatoms. The van der Waals surface area contributed by atoms with Crippen molar-refractivity contribution in [2.45, 2.75) is 0 Å². The van der Waals surface area contributed by atoms with Gasteiger partial charge in [0.25, 0.3) is 0 Å². The first-order valence-electron chi connectivity index (χ1n) is 4.19. The molecule has 13 heavy (non-hydrogen) atoms. The first kappa shape index (κ1) is 6.66. The van der Waals surface area contributed by atoms with Crippen molar-refractivity contribution in [1.29, 1.82) is 0 Å². The highest BCUT2D eigenvalue weighted by atomic mass is 15.0. The third kappa shape index (κ3) is 0.855. The summed E-state index contributed by atoms with van der Waals surface area (Å²) in [4.78, 5) is 4.15. The van der Waals surface area contributed by atoms with Crippen molar-refractivity contribution in [3.8, 4) is 0 Å². The zero-order valence-electron chi connectivity index (χ0n) is 6.91. The number of nitrogens with zero attached hydrogens (tertiary/aromatic N) is 1.